The van der Waals surface area contributed by atoms with E-state index in [-0.39, 0.29) is 18.3 Å². The molecule has 2 fully saturated rings. The monoisotopic (exact) mass is 262 g/mol. The molecule has 2 heterocycles. The number of hydrogen-bond donors (Lipinski definition) is 2. The van der Waals surface area contributed by atoms with E-state index in [1.54, 1.807) is 0 Å². The van der Waals surface area contributed by atoms with Crippen molar-refractivity contribution in [2.45, 2.75) is 38.2 Å². The van der Waals surface area contributed by atoms with E-state index in [4.69, 9.17) is 4.74 Å². The second-order valence-corrected chi connectivity index (χ2v) is 4.86. The van der Waals surface area contributed by atoms with Gasteiger partial charge in [-0.3, -0.25) is 4.79 Å². The van der Waals surface area contributed by atoms with Crippen LogP contribution in [0, 0.1) is 5.92 Å². The first-order valence-corrected chi connectivity index (χ1v) is 6.43. The number of hydrogen-bond acceptors (Lipinski definition) is 3. The van der Waals surface area contributed by atoms with Gasteiger partial charge < -0.3 is 15.4 Å². The average Bonchev–Trinajstić information content (AvgIpc) is 2.26. The van der Waals surface area contributed by atoms with Gasteiger partial charge in [-0.1, -0.05) is 0 Å². The zero-order valence-electron chi connectivity index (χ0n) is 10.2. The molecule has 2 saturated heterocycles. The predicted molar refractivity (Wildman–Crippen MR) is 69.4 cm³/mol. The van der Waals surface area contributed by atoms with Gasteiger partial charge in [-0.25, -0.2) is 0 Å². The van der Waals surface area contributed by atoms with E-state index < -0.39 is 0 Å². The van der Waals surface area contributed by atoms with Crippen LogP contribution in [0.1, 0.15) is 32.1 Å². The summed E-state index contributed by atoms with van der Waals surface area (Å²) in [6.07, 6.45) is 5.38. The minimum absolute atomic E-state index is 0. The molecule has 2 aliphatic rings. The maximum Gasteiger partial charge on any atom is 0.220 e. The standard InChI is InChI=1S/C12H22N2O2.ClH/c15-12(14-9-10-7-13-8-10)5-4-11-3-1-2-6-16-11;/h10-11,13H,1-9H2,(H,14,15);1H. The van der Waals surface area contributed by atoms with Crippen molar-refractivity contribution in [1.29, 1.82) is 0 Å². The fourth-order valence-electron chi connectivity index (χ4n) is 2.17. The van der Waals surface area contributed by atoms with Crippen molar-refractivity contribution >= 4 is 18.3 Å². The van der Waals surface area contributed by atoms with Crippen LogP contribution in [0.15, 0.2) is 0 Å². The van der Waals surface area contributed by atoms with Crippen LogP contribution in [0.5, 0.6) is 0 Å². The summed E-state index contributed by atoms with van der Waals surface area (Å²) >= 11 is 0. The lowest BCUT2D eigenvalue weighted by molar-refractivity contribution is -0.122. The normalized spacial score (nSPS) is 24.6. The smallest absolute Gasteiger partial charge is 0.220 e. The van der Waals surface area contributed by atoms with E-state index in [1.807, 2.05) is 0 Å². The largest absolute Gasteiger partial charge is 0.378 e. The van der Waals surface area contributed by atoms with Crippen LogP contribution < -0.4 is 10.6 Å². The van der Waals surface area contributed by atoms with Gasteiger partial charge in [-0.2, -0.15) is 0 Å². The third-order valence-corrected chi connectivity index (χ3v) is 3.42. The van der Waals surface area contributed by atoms with Crippen LogP contribution in [0.4, 0.5) is 0 Å². The number of ether oxygens (including phenoxy) is 1. The lowest BCUT2D eigenvalue weighted by Crippen LogP contribution is -2.48. The Bertz CT molecular complexity index is 229. The molecule has 1 atom stereocenters. The van der Waals surface area contributed by atoms with Crippen molar-refractivity contribution in [1.82, 2.24) is 10.6 Å². The van der Waals surface area contributed by atoms with E-state index >= 15 is 0 Å². The van der Waals surface area contributed by atoms with Gasteiger partial charge in [0.1, 0.15) is 0 Å². The molecule has 2 rings (SSSR count). The first-order chi connectivity index (χ1) is 7.84. The molecule has 2 aliphatic heterocycles. The molecule has 100 valence electrons. The third kappa shape index (κ3) is 5.23. The summed E-state index contributed by atoms with van der Waals surface area (Å²) < 4.78 is 5.60. The highest BCUT2D eigenvalue weighted by Crippen LogP contribution is 2.16. The molecule has 0 aliphatic carbocycles. The highest BCUT2D eigenvalue weighted by Gasteiger charge is 2.18. The van der Waals surface area contributed by atoms with E-state index in [9.17, 15) is 4.79 Å². The predicted octanol–water partition coefficient (Wildman–Crippen LogP) is 1.09. The molecule has 0 aromatic carbocycles. The van der Waals surface area contributed by atoms with Gasteiger partial charge in [0.2, 0.25) is 5.91 Å². The van der Waals surface area contributed by atoms with Crippen LogP contribution >= 0.6 is 12.4 Å². The fourth-order valence-corrected chi connectivity index (χ4v) is 2.17. The van der Waals surface area contributed by atoms with E-state index in [0.29, 0.717) is 18.4 Å². The lowest BCUT2D eigenvalue weighted by atomic mass is 10.0. The van der Waals surface area contributed by atoms with Crippen LogP contribution in [0.2, 0.25) is 0 Å². The van der Waals surface area contributed by atoms with Crippen molar-refractivity contribution < 1.29 is 9.53 Å². The highest BCUT2D eigenvalue weighted by molar-refractivity contribution is 5.85. The van der Waals surface area contributed by atoms with Crippen LogP contribution in [-0.2, 0) is 9.53 Å². The Balaban J connectivity index is 0.00000144. The molecule has 17 heavy (non-hydrogen) atoms. The topological polar surface area (TPSA) is 50.4 Å². The Morgan fingerprint density at radius 1 is 1.35 bits per heavy atom. The van der Waals surface area contributed by atoms with Crippen molar-refractivity contribution in [3.05, 3.63) is 0 Å². The Kier molecular flexibility index (Phi) is 6.85. The van der Waals surface area contributed by atoms with Crippen LogP contribution in [0.3, 0.4) is 0 Å². The van der Waals surface area contributed by atoms with Gasteiger partial charge in [0.05, 0.1) is 6.10 Å². The maximum absolute atomic E-state index is 11.5. The zero-order chi connectivity index (χ0) is 11.2. The summed E-state index contributed by atoms with van der Waals surface area (Å²) in [4.78, 5) is 11.5. The molecule has 2 N–H and O–H groups in total. The first kappa shape index (κ1) is 14.7. The third-order valence-electron chi connectivity index (χ3n) is 3.42. The number of carbonyl (C=O) groups is 1. The Morgan fingerprint density at radius 3 is 2.76 bits per heavy atom. The number of nitrogens with one attached hydrogen (secondary N) is 2. The van der Waals surface area contributed by atoms with Gasteiger partial charge in [-0.15, -0.1) is 12.4 Å². The van der Waals surface area contributed by atoms with Gasteiger partial charge >= 0.3 is 0 Å². The molecule has 1 amide bonds. The lowest BCUT2D eigenvalue weighted by Gasteiger charge is -2.27. The van der Waals surface area contributed by atoms with E-state index in [1.165, 1.54) is 12.8 Å². The summed E-state index contributed by atoms with van der Waals surface area (Å²) in [5.41, 5.74) is 0. The van der Waals surface area contributed by atoms with Crippen molar-refractivity contribution in [2.75, 3.05) is 26.2 Å². The minimum Gasteiger partial charge on any atom is -0.378 e. The number of rotatable bonds is 5. The SMILES string of the molecule is Cl.O=C(CCC1CCCCO1)NCC1CNC1. The molecule has 0 saturated carbocycles. The van der Waals surface area contributed by atoms with Crippen LogP contribution in [0.25, 0.3) is 0 Å². The molecule has 4 nitrogen and oxygen atoms in total. The van der Waals surface area contributed by atoms with Crippen LogP contribution in [-0.4, -0.2) is 38.3 Å². The molecule has 0 bridgehead atoms. The van der Waals surface area contributed by atoms with Crippen molar-refractivity contribution in [3.63, 3.8) is 0 Å². The van der Waals surface area contributed by atoms with E-state index in [0.717, 1.165) is 39.1 Å². The second kappa shape index (κ2) is 7.90. The number of amides is 1. The Labute approximate surface area is 109 Å². The van der Waals surface area contributed by atoms with Crippen molar-refractivity contribution in [3.8, 4) is 0 Å². The first-order valence-electron chi connectivity index (χ1n) is 6.43. The Morgan fingerprint density at radius 2 is 2.18 bits per heavy atom. The average molecular weight is 263 g/mol. The van der Waals surface area contributed by atoms with Gasteiger partial charge in [0.25, 0.3) is 0 Å². The molecule has 5 heteroatoms. The molecule has 1 unspecified atom stereocenters. The highest BCUT2D eigenvalue weighted by atomic mass is 35.5. The molecular weight excluding hydrogens is 240 g/mol. The van der Waals surface area contributed by atoms with Gasteiger partial charge in [-0.05, 0) is 25.7 Å². The maximum atomic E-state index is 11.5. The summed E-state index contributed by atoms with van der Waals surface area (Å²) in [5, 5.41) is 6.19. The molecule has 0 radical (unpaired) electrons. The number of carbonyl (C=O) groups excluding carboxylic acids is 1. The summed E-state index contributed by atoms with van der Waals surface area (Å²) in [7, 11) is 0. The Hall–Kier alpha value is -0.320. The summed E-state index contributed by atoms with van der Waals surface area (Å²) in [6, 6.07) is 0. The molecule has 0 aromatic heterocycles. The minimum atomic E-state index is 0. The van der Waals surface area contributed by atoms with E-state index in [2.05, 4.69) is 10.6 Å². The van der Waals surface area contributed by atoms with Gasteiger partial charge in [0, 0.05) is 38.6 Å². The summed E-state index contributed by atoms with van der Waals surface area (Å²) in [5.74, 6) is 0.830. The van der Waals surface area contributed by atoms with Gasteiger partial charge in [0.15, 0.2) is 0 Å². The molecular formula is C12H23ClN2O2. The zero-order valence-corrected chi connectivity index (χ0v) is 11.1. The number of halogens is 1. The molecule has 0 aromatic rings. The second-order valence-electron chi connectivity index (χ2n) is 4.86. The molecule has 0 spiro atoms. The fraction of sp³-hybridized carbons (Fsp3) is 0.917. The summed E-state index contributed by atoms with van der Waals surface area (Å²) in [6.45, 7) is 3.80. The quantitative estimate of drug-likeness (QED) is 0.780. The van der Waals surface area contributed by atoms with Crippen molar-refractivity contribution in [2.24, 2.45) is 5.92 Å².